The van der Waals surface area contributed by atoms with Gasteiger partial charge in [-0.2, -0.15) is 0 Å². The first-order valence-corrected chi connectivity index (χ1v) is 10.8. The number of hydrogen-bond donors (Lipinski definition) is 1. The van der Waals surface area contributed by atoms with Crippen LogP contribution in [0, 0.1) is 6.92 Å². The summed E-state index contributed by atoms with van der Waals surface area (Å²) in [5.74, 6) is 0.626. The fraction of sp³-hybridized carbons (Fsp3) is 0.280. The lowest BCUT2D eigenvalue weighted by atomic mass is 9.86. The highest BCUT2D eigenvalue weighted by Crippen LogP contribution is 2.38. The number of fused-ring (bicyclic) bond motifs is 1. The molecule has 0 spiro atoms. The monoisotopic (exact) mass is 402 g/mol. The molecule has 29 heavy (non-hydrogen) atoms. The summed E-state index contributed by atoms with van der Waals surface area (Å²) in [5.41, 5.74) is 5.53. The molecule has 0 aliphatic heterocycles. The molecule has 0 unspecified atom stereocenters. The van der Waals surface area contributed by atoms with Crippen LogP contribution in [0.15, 0.2) is 53.3 Å². The van der Waals surface area contributed by atoms with Crippen LogP contribution in [-0.4, -0.2) is 9.97 Å². The summed E-state index contributed by atoms with van der Waals surface area (Å²) in [7, 11) is 0. The first-order chi connectivity index (χ1) is 13.8. The van der Waals surface area contributed by atoms with Crippen LogP contribution < -0.4 is 5.56 Å². The summed E-state index contributed by atoms with van der Waals surface area (Å²) < 4.78 is 0. The zero-order valence-electron chi connectivity index (χ0n) is 17.6. The minimum atomic E-state index is -0.0728. The molecule has 0 radical (unpaired) electrons. The van der Waals surface area contributed by atoms with Gasteiger partial charge in [0.15, 0.2) is 0 Å². The number of H-pyrrole nitrogens is 1. The van der Waals surface area contributed by atoms with Gasteiger partial charge in [-0.1, -0.05) is 81.8 Å². The molecule has 0 fully saturated rings. The van der Waals surface area contributed by atoms with Crippen LogP contribution in [0.3, 0.4) is 0 Å². The molecule has 0 amide bonds. The number of aromatic amines is 1. The van der Waals surface area contributed by atoms with Crippen molar-refractivity contribution in [2.75, 3.05) is 0 Å². The highest BCUT2D eigenvalue weighted by molar-refractivity contribution is 7.19. The topological polar surface area (TPSA) is 45.8 Å². The average Bonchev–Trinajstić information content (AvgIpc) is 3.07. The molecule has 0 bridgehead atoms. The lowest BCUT2D eigenvalue weighted by molar-refractivity contribution is 0.590. The number of aryl methyl sites for hydroxylation is 2. The fourth-order valence-electron chi connectivity index (χ4n) is 3.59. The lowest BCUT2D eigenvalue weighted by Gasteiger charge is -2.19. The number of hydrogen-bond acceptors (Lipinski definition) is 3. The van der Waals surface area contributed by atoms with Crippen molar-refractivity contribution >= 4 is 21.6 Å². The van der Waals surface area contributed by atoms with Gasteiger partial charge in [0, 0.05) is 16.0 Å². The second-order valence-electron chi connectivity index (χ2n) is 8.54. The predicted molar refractivity (Wildman–Crippen MR) is 124 cm³/mol. The molecule has 2 heterocycles. The van der Waals surface area contributed by atoms with E-state index in [0.717, 1.165) is 27.9 Å². The Balaban J connectivity index is 1.89. The molecular formula is C25H26N2OS. The summed E-state index contributed by atoms with van der Waals surface area (Å²) in [6.07, 6.45) is 0.872. The van der Waals surface area contributed by atoms with Crippen LogP contribution in [0.4, 0.5) is 0 Å². The van der Waals surface area contributed by atoms with Crippen molar-refractivity contribution in [1.82, 2.24) is 9.97 Å². The summed E-state index contributed by atoms with van der Waals surface area (Å²) in [6, 6.07) is 16.7. The van der Waals surface area contributed by atoms with Gasteiger partial charge in [0.1, 0.15) is 10.7 Å². The molecule has 0 saturated carbocycles. The molecule has 0 saturated heterocycles. The molecule has 2 aromatic heterocycles. The Morgan fingerprint density at radius 2 is 1.59 bits per heavy atom. The van der Waals surface area contributed by atoms with E-state index in [4.69, 9.17) is 4.98 Å². The average molecular weight is 403 g/mol. The quantitative estimate of drug-likeness (QED) is 0.426. The Morgan fingerprint density at radius 3 is 2.17 bits per heavy atom. The molecule has 4 heteroatoms. The summed E-state index contributed by atoms with van der Waals surface area (Å²) >= 11 is 1.62. The van der Waals surface area contributed by atoms with Crippen molar-refractivity contribution in [3.8, 4) is 22.5 Å². The van der Waals surface area contributed by atoms with Crippen LogP contribution in [0.2, 0.25) is 0 Å². The number of thiophene rings is 1. The molecule has 148 valence electrons. The predicted octanol–water partition coefficient (Wildman–Crippen LogP) is 6.49. The maximum Gasteiger partial charge on any atom is 0.260 e. The SMILES string of the molecule is CCc1sc2nc(-c3ccc(C)cc3)[nH]c(=O)c2c1-c1ccc(C(C)(C)C)cc1. The fourth-order valence-corrected chi connectivity index (χ4v) is 4.73. The van der Waals surface area contributed by atoms with Gasteiger partial charge in [-0.3, -0.25) is 4.79 Å². The zero-order chi connectivity index (χ0) is 20.8. The van der Waals surface area contributed by atoms with Crippen LogP contribution in [0.25, 0.3) is 32.7 Å². The number of aromatic nitrogens is 2. The number of rotatable bonds is 3. The zero-order valence-corrected chi connectivity index (χ0v) is 18.4. The van der Waals surface area contributed by atoms with Gasteiger partial charge in [-0.25, -0.2) is 4.98 Å². The van der Waals surface area contributed by atoms with Crippen molar-refractivity contribution in [3.63, 3.8) is 0 Å². The number of nitrogens with one attached hydrogen (secondary N) is 1. The van der Waals surface area contributed by atoms with E-state index in [9.17, 15) is 4.79 Å². The normalized spacial score (nSPS) is 11.9. The van der Waals surface area contributed by atoms with E-state index < -0.39 is 0 Å². The molecular weight excluding hydrogens is 376 g/mol. The molecule has 4 aromatic rings. The number of benzene rings is 2. The van der Waals surface area contributed by atoms with E-state index in [1.807, 2.05) is 31.2 Å². The second-order valence-corrected chi connectivity index (χ2v) is 9.63. The first-order valence-electron chi connectivity index (χ1n) is 10.0. The Bertz CT molecular complexity index is 1220. The third-order valence-electron chi connectivity index (χ3n) is 5.32. The van der Waals surface area contributed by atoms with Crippen molar-refractivity contribution in [2.45, 2.75) is 46.5 Å². The Morgan fingerprint density at radius 1 is 0.966 bits per heavy atom. The van der Waals surface area contributed by atoms with Crippen LogP contribution in [-0.2, 0) is 11.8 Å². The summed E-state index contributed by atoms with van der Waals surface area (Å²) in [5, 5.41) is 0.700. The molecule has 0 aliphatic rings. The maximum absolute atomic E-state index is 13.1. The maximum atomic E-state index is 13.1. The van der Waals surface area contributed by atoms with E-state index >= 15 is 0 Å². The smallest absolute Gasteiger partial charge is 0.260 e. The van der Waals surface area contributed by atoms with Crippen LogP contribution in [0.5, 0.6) is 0 Å². The van der Waals surface area contributed by atoms with Gasteiger partial charge >= 0.3 is 0 Å². The van der Waals surface area contributed by atoms with Gasteiger partial charge in [0.2, 0.25) is 0 Å². The Kier molecular flexibility index (Phi) is 4.91. The minimum absolute atomic E-state index is 0.0728. The van der Waals surface area contributed by atoms with E-state index in [2.05, 4.69) is 56.9 Å². The largest absolute Gasteiger partial charge is 0.306 e. The third-order valence-corrected chi connectivity index (χ3v) is 6.55. The van der Waals surface area contributed by atoms with Gasteiger partial charge in [0.25, 0.3) is 5.56 Å². The van der Waals surface area contributed by atoms with Crippen LogP contribution in [0.1, 0.15) is 43.7 Å². The van der Waals surface area contributed by atoms with Gasteiger partial charge in [-0.15, -0.1) is 11.3 Å². The van der Waals surface area contributed by atoms with E-state index in [1.54, 1.807) is 11.3 Å². The van der Waals surface area contributed by atoms with Gasteiger partial charge in [-0.05, 0) is 29.9 Å². The van der Waals surface area contributed by atoms with Crippen LogP contribution >= 0.6 is 11.3 Å². The molecule has 0 aliphatic carbocycles. The third kappa shape index (κ3) is 3.65. The minimum Gasteiger partial charge on any atom is -0.306 e. The Hall–Kier alpha value is -2.72. The molecule has 0 atom stereocenters. The van der Waals surface area contributed by atoms with E-state index in [1.165, 1.54) is 16.0 Å². The van der Waals surface area contributed by atoms with E-state index in [-0.39, 0.29) is 11.0 Å². The second kappa shape index (κ2) is 7.27. The highest BCUT2D eigenvalue weighted by atomic mass is 32.1. The lowest BCUT2D eigenvalue weighted by Crippen LogP contribution is -2.11. The molecule has 1 N–H and O–H groups in total. The van der Waals surface area contributed by atoms with Crippen molar-refractivity contribution in [2.24, 2.45) is 0 Å². The first kappa shape index (κ1) is 19.6. The summed E-state index contributed by atoms with van der Waals surface area (Å²) in [4.78, 5) is 22.9. The van der Waals surface area contributed by atoms with Crippen molar-refractivity contribution in [1.29, 1.82) is 0 Å². The number of nitrogens with zero attached hydrogens (tertiary/aromatic N) is 1. The van der Waals surface area contributed by atoms with Crippen molar-refractivity contribution in [3.05, 3.63) is 74.9 Å². The summed E-state index contributed by atoms with van der Waals surface area (Å²) in [6.45, 7) is 10.8. The van der Waals surface area contributed by atoms with Gasteiger partial charge in [0.05, 0.1) is 5.39 Å². The molecule has 2 aromatic carbocycles. The molecule has 3 nitrogen and oxygen atoms in total. The molecule has 4 rings (SSSR count). The van der Waals surface area contributed by atoms with E-state index in [0.29, 0.717) is 11.2 Å². The van der Waals surface area contributed by atoms with Gasteiger partial charge < -0.3 is 4.98 Å². The highest BCUT2D eigenvalue weighted by Gasteiger charge is 2.19. The Labute approximate surface area is 175 Å². The van der Waals surface area contributed by atoms with Crippen molar-refractivity contribution < 1.29 is 0 Å². The standard InChI is InChI=1S/C25H26N2OS/c1-6-19-20(16-11-13-18(14-12-16)25(3,4)5)21-23(28)26-22(27-24(21)29-19)17-9-7-15(2)8-10-17/h7-14H,6H2,1-5H3,(H,26,27,28).